The molecule has 13 heavy (non-hydrogen) atoms. The maximum atomic E-state index is 10.2. The van der Waals surface area contributed by atoms with Crippen LogP contribution in [0.25, 0.3) is 0 Å². The lowest BCUT2D eigenvalue weighted by molar-refractivity contribution is -0.0267. The van der Waals surface area contributed by atoms with Crippen LogP contribution in [-0.2, 0) is 9.47 Å². The minimum atomic E-state index is -0.586. The first-order chi connectivity index (χ1) is 6.33. The summed E-state index contributed by atoms with van der Waals surface area (Å²) >= 11 is 0. The van der Waals surface area contributed by atoms with Gasteiger partial charge in [0, 0.05) is 0 Å². The quantitative estimate of drug-likeness (QED) is 0.469. The largest absolute Gasteiger partial charge is 0.524 e. The summed E-state index contributed by atoms with van der Waals surface area (Å²) in [6.45, 7) is 2.20. The van der Waals surface area contributed by atoms with Gasteiger partial charge in [0.15, 0.2) is 0 Å². The van der Waals surface area contributed by atoms with Gasteiger partial charge >= 0.3 is 6.16 Å². The molecule has 74 valence electrons. The van der Waals surface area contributed by atoms with Gasteiger partial charge in [0.2, 0.25) is 0 Å². The number of unbranched alkanes of at least 4 members (excludes halogenated alkanes) is 5. The van der Waals surface area contributed by atoms with Gasteiger partial charge in [-0.15, -0.1) is 0 Å². The van der Waals surface area contributed by atoms with E-state index in [0.717, 1.165) is 12.8 Å². The van der Waals surface area contributed by atoms with E-state index in [1.807, 2.05) is 6.08 Å². The molecule has 0 radical (unpaired) electrons. The molecule has 0 aromatic rings. The van der Waals surface area contributed by atoms with Gasteiger partial charge < -0.3 is 9.47 Å². The van der Waals surface area contributed by atoms with Crippen molar-refractivity contribution in [1.82, 2.24) is 0 Å². The second-order valence-corrected chi connectivity index (χ2v) is 3.18. The number of hydrogen-bond donors (Lipinski definition) is 0. The van der Waals surface area contributed by atoms with E-state index >= 15 is 0 Å². The number of allylic oxidation sites excluding steroid dienone is 1. The van der Waals surface area contributed by atoms with Gasteiger partial charge in [0.05, 0.1) is 0 Å². The van der Waals surface area contributed by atoms with E-state index in [2.05, 4.69) is 16.4 Å². The highest BCUT2D eigenvalue weighted by Gasteiger charge is 2.22. The fraction of sp³-hybridized carbons (Fsp3) is 0.700. The number of ether oxygens (including phenoxy) is 2. The van der Waals surface area contributed by atoms with Gasteiger partial charge in [-0.2, -0.15) is 0 Å². The van der Waals surface area contributed by atoms with E-state index in [0.29, 0.717) is 5.95 Å². The third-order valence-electron chi connectivity index (χ3n) is 1.99. The van der Waals surface area contributed by atoms with Crippen molar-refractivity contribution in [3.05, 3.63) is 12.0 Å². The standard InChI is InChI=1S/C10H16O3/c1-2-3-4-5-6-7-8-9-12-10(11)13-9/h8H,2-7H2,1H3. The fourth-order valence-electron chi connectivity index (χ4n) is 1.22. The molecule has 3 heteroatoms. The van der Waals surface area contributed by atoms with E-state index in [4.69, 9.17) is 0 Å². The monoisotopic (exact) mass is 184 g/mol. The maximum Gasteiger partial charge on any atom is 0.524 e. The Morgan fingerprint density at radius 2 is 1.85 bits per heavy atom. The molecule has 0 spiro atoms. The summed E-state index contributed by atoms with van der Waals surface area (Å²) < 4.78 is 9.13. The number of carbonyl (C=O) groups excluding carboxylic acids is 1. The minimum absolute atomic E-state index is 0.375. The van der Waals surface area contributed by atoms with Gasteiger partial charge in [-0.25, -0.2) is 4.79 Å². The molecule has 0 bridgehead atoms. The van der Waals surface area contributed by atoms with Crippen LogP contribution < -0.4 is 0 Å². The first-order valence-corrected chi connectivity index (χ1v) is 4.92. The van der Waals surface area contributed by atoms with Gasteiger partial charge in [-0.05, 0) is 18.9 Å². The number of hydrogen-bond acceptors (Lipinski definition) is 3. The molecule has 1 heterocycles. The van der Waals surface area contributed by atoms with Crippen LogP contribution in [-0.4, -0.2) is 6.16 Å². The van der Waals surface area contributed by atoms with E-state index in [1.54, 1.807) is 0 Å². The molecule has 0 aromatic carbocycles. The summed E-state index contributed by atoms with van der Waals surface area (Å²) in [6, 6.07) is 0. The Balaban J connectivity index is 1.89. The van der Waals surface area contributed by atoms with Gasteiger partial charge in [0.25, 0.3) is 5.95 Å². The molecular weight excluding hydrogens is 168 g/mol. The van der Waals surface area contributed by atoms with Crippen LogP contribution in [0.15, 0.2) is 12.0 Å². The van der Waals surface area contributed by atoms with Crippen LogP contribution >= 0.6 is 0 Å². The highest BCUT2D eigenvalue weighted by atomic mass is 16.9. The molecule has 3 nitrogen and oxygen atoms in total. The predicted octanol–water partition coefficient (Wildman–Crippen LogP) is 3.36. The van der Waals surface area contributed by atoms with Crippen molar-refractivity contribution >= 4 is 6.16 Å². The minimum Gasteiger partial charge on any atom is -0.360 e. The Bertz CT molecular complexity index is 186. The number of cyclic esters (lactones) is 2. The highest BCUT2D eigenvalue weighted by Crippen LogP contribution is 2.16. The molecule has 0 unspecified atom stereocenters. The Labute approximate surface area is 78.7 Å². The third kappa shape index (κ3) is 3.97. The van der Waals surface area contributed by atoms with Crippen LogP contribution in [0.5, 0.6) is 0 Å². The molecule has 0 N–H and O–H groups in total. The van der Waals surface area contributed by atoms with E-state index in [1.165, 1.54) is 25.7 Å². The molecule has 1 aliphatic heterocycles. The van der Waals surface area contributed by atoms with Crippen LogP contribution in [0, 0.1) is 0 Å². The lowest BCUT2D eigenvalue weighted by Gasteiger charge is -2.14. The molecule has 1 rings (SSSR count). The lowest BCUT2D eigenvalue weighted by atomic mass is 10.1. The summed E-state index contributed by atoms with van der Waals surface area (Å²) in [5, 5.41) is 0. The molecule has 1 fully saturated rings. The van der Waals surface area contributed by atoms with E-state index in [9.17, 15) is 4.79 Å². The lowest BCUT2D eigenvalue weighted by Crippen LogP contribution is -2.19. The smallest absolute Gasteiger partial charge is 0.360 e. The van der Waals surface area contributed by atoms with E-state index < -0.39 is 6.16 Å². The van der Waals surface area contributed by atoms with E-state index in [-0.39, 0.29) is 0 Å². The topological polar surface area (TPSA) is 35.5 Å². The van der Waals surface area contributed by atoms with Gasteiger partial charge in [-0.1, -0.05) is 32.6 Å². The second kappa shape index (κ2) is 5.62. The summed E-state index contributed by atoms with van der Waals surface area (Å²) in [4.78, 5) is 10.2. The summed E-state index contributed by atoms with van der Waals surface area (Å²) in [5.41, 5.74) is 0. The Morgan fingerprint density at radius 3 is 2.46 bits per heavy atom. The van der Waals surface area contributed by atoms with Crippen molar-refractivity contribution in [1.29, 1.82) is 0 Å². The zero-order valence-electron chi connectivity index (χ0n) is 8.04. The molecule has 1 saturated heterocycles. The Kier molecular flexibility index (Phi) is 4.36. The zero-order chi connectivity index (χ0) is 9.52. The summed E-state index contributed by atoms with van der Waals surface area (Å²) in [6.07, 6.45) is 8.43. The summed E-state index contributed by atoms with van der Waals surface area (Å²) in [7, 11) is 0. The first kappa shape index (κ1) is 10.1. The van der Waals surface area contributed by atoms with Gasteiger partial charge in [0.1, 0.15) is 0 Å². The molecular formula is C10H16O3. The zero-order valence-corrected chi connectivity index (χ0v) is 8.04. The number of rotatable bonds is 6. The van der Waals surface area contributed by atoms with Crippen molar-refractivity contribution < 1.29 is 14.3 Å². The second-order valence-electron chi connectivity index (χ2n) is 3.18. The van der Waals surface area contributed by atoms with Crippen molar-refractivity contribution in [3.8, 4) is 0 Å². The third-order valence-corrected chi connectivity index (χ3v) is 1.99. The molecule has 0 aliphatic carbocycles. The summed E-state index contributed by atoms with van der Waals surface area (Å²) in [5.74, 6) is 0.375. The SMILES string of the molecule is CCCCCCCC=C1OC(=O)O1. The van der Waals surface area contributed by atoms with Crippen LogP contribution in [0.1, 0.15) is 45.4 Å². The molecule has 0 aromatic heterocycles. The van der Waals surface area contributed by atoms with Crippen molar-refractivity contribution in [2.24, 2.45) is 0 Å². The molecule has 1 aliphatic rings. The fourth-order valence-corrected chi connectivity index (χ4v) is 1.22. The highest BCUT2D eigenvalue weighted by molar-refractivity contribution is 5.67. The normalized spacial score (nSPS) is 14.5. The average molecular weight is 184 g/mol. The van der Waals surface area contributed by atoms with Crippen LogP contribution in [0.2, 0.25) is 0 Å². The number of carbonyl (C=O) groups is 1. The molecule has 0 atom stereocenters. The predicted molar refractivity (Wildman–Crippen MR) is 49.0 cm³/mol. The molecule has 0 saturated carbocycles. The molecule has 0 amide bonds. The van der Waals surface area contributed by atoms with Crippen molar-refractivity contribution in [3.63, 3.8) is 0 Å². The average Bonchev–Trinajstić information content (AvgIpc) is 2.07. The van der Waals surface area contributed by atoms with Crippen LogP contribution in [0.3, 0.4) is 0 Å². The van der Waals surface area contributed by atoms with Gasteiger partial charge in [-0.3, -0.25) is 0 Å². The Hall–Kier alpha value is -0.990. The van der Waals surface area contributed by atoms with Crippen molar-refractivity contribution in [2.45, 2.75) is 45.4 Å². The first-order valence-electron chi connectivity index (χ1n) is 4.92. The Morgan fingerprint density at radius 1 is 1.15 bits per heavy atom. The van der Waals surface area contributed by atoms with Crippen molar-refractivity contribution in [2.75, 3.05) is 0 Å². The maximum absolute atomic E-state index is 10.2. The van der Waals surface area contributed by atoms with Crippen LogP contribution in [0.4, 0.5) is 4.79 Å².